The van der Waals surface area contributed by atoms with Gasteiger partial charge in [0, 0.05) is 6.04 Å². The van der Waals surface area contributed by atoms with Crippen LogP contribution in [0, 0.1) is 11.3 Å². The van der Waals surface area contributed by atoms with Crippen LogP contribution in [0.25, 0.3) is 0 Å². The van der Waals surface area contributed by atoms with E-state index in [1.807, 2.05) is 0 Å². The number of alkyl halides is 3. The highest BCUT2D eigenvalue weighted by Crippen LogP contribution is 2.35. The first-order valence-corrected chi connectivity index (χ1v) is 6.90. The number of hydrogen-bond acceptors (Lipinski definition) is 1. The highest BCUT2D eigenvalue weighted by Gasteiger charge is 2.31. The van der Waals surface area contributed by atoms with Crippen molar-refractivity contribution >= 4 is 0 Å². The molecule has 4 heteroatoms. The third kappa shape index (κ3) is 4.51. The largest absolute Gasteiger partial charge is 0.416 e. The monoisotopic (exact) mass is 287 g/mol. The number of benzene rings is 1. The molecule has 1 aromatic rings. The number of rotatable bonds is 4. The minimum Gasteiger partial charge on any atom is -0.313 e. The fourth-order valence-electron chi connectivity index (χ4n) is 2.06. The molecule has 0 aliphatic heterocycles. The lowest BCUT2D eigenvalue weighted by Gasteiger charge is -2.31. The van der Waals surface area contributed by atoms with E-state index in [1.165, 1.54) is 12.1 Å². The lowest BCUT2D eigenvalue weighted by atomic mass is 9.77. The van der Waals surface area contributed by atoms with Crippen molar-refractivity contribution in [3.05, 3.63) is 35.4 Å². The smallest absolute Gasteiger partial charge is 0.313 e. The summed E-state index contributed by atoms with van der Waals surface area (Å²) in [6, 6.07) is 5.53. The predicted octanol–water partition coefficient (Wildman–Crippen LogP) is 5.04. The molecule has 2 unspecified atom stereocenters. The second kappa shape index (κ2) is 6.17. The zero-order chi connectivity index (χ0) is 15.6. The van der Waals surface area contributed by atoms with Crippen LogP contribution in [0.1, 0.15) is 51.3 Å². The predicted molar refractivity (Wildman–Crippen MR) is 76.5 cm³/mol. The van der Waals surface area contributed by atoms with Crippen molar-refractivity contribution in [2.24, 2.45) is 11.3 Å². The maximum Gasteiger partial charge on any atom is 0.416 e. The van der Waals surface area contributed by atoms with Crippen LogP contribution in [-0.4, -0.2) is 7.05 Å². The number of nitrogens with one attached hydrogen (secondary N) is 1. The quantitative estimate of drug-likeness (QED) is 0.818. The third-order valence-corrected chi connectivity index (χ3v) is 4.03. The Morgan fingerprint density at radius 2 is 1.75 bits per heavy atom. The van der Waals surface area contributed by atoms with Crippen molar-refractivity contribution in [3.63, 3.8) is 0 Å². The average molecular weight is 287 g/mol. The fraction of sp³-hybridized carbons (Fsp3) is 0.625. The van der Waals surface area contributed by atoms with Crippen LogP contribution in [0.15, 0.2) is 24.3 Å². The molecule has 0 aliphatic rings. The molecule has 0 spiro atoms. The minimum absolute atomic E-state index is 0.0634. The van der Waals surface area contributed by atoms with Gasteiger partial charge in [-0.2, -0.15) is 13.2 Å². The SMILES string of the molecule is CNC(CC(C)C(C)(C)C)c1cccc(C(F)(F)F)c1. The van der Waals surface area contributed by atoms with Gasteiger partial charge in [-0.15, -0.1) is 0 Å². The summed E-state index contributed by atoms with van der Waals surface area (Å²) in [7, 11) is 1.79. The van der Waals surface area contributed by atoms with Crippen molar-refractivity contribution in [1.29, 1.82) is 0 Å². The Morgan fingerprint density at radius 3 is 2.20 bits per heavy atom. The van der Waals surface area contributed by atoms with Crippen LogP contribution in [0.5, 0.6) is 0 Å². The molecule has 1 N–H and O–H groups in total. The van der Waals surface area contributed by atoms with Gasteiger partial charge < -0.3 is 5.32 Å². The molecule has 0 bridgehead atoms. The van der Waals surface area contributed by atoms with Crippen LogP contribution in [0.2, 0.25) is 0 Å². The topological polar surface area (TPSA) is 12.0 Å². The summed E-state index contributed by atoms with van der Waals surface area (Å²) in [4.78, 5) is 0. The van der Waals surface area contributed by atoms with Crippen molar-refractivity contribution in [2.45, 2.75) is 46.3 Å². The van der Waals surface area contributed by atoms with Gasteiger partial charge in [-0.3, -0.25) is 0 Å². The van der Waals surface area contributed by atoms with Gasteiger partial charge in [0.2, 0.25) is 0 Å². The second-order valence-corrected chi connectivity index (χ2v) is 6.47. The van der Waals surface area contributed by atoms with Gasteiger partial charge in [-0.05, 0) is 42.5 Å². The van der Waals surface area contributed by atoms with E-state index in [-0.39, 0.29) is 11.5 Å². The lowest BCUT2D eigenvalue weighted by Crippen LogP contribution is -2.25. The first-order valence-electron chi connectivity index (χ1n) is 6.90. The molecule has 1 rings (SSSR count). The van der Waals surface area contributed by atoms with E-state index in [0.29, 0.717) is 11.5 Å². The minimum atomic E-state index is -4.29. The van der Waals surface area contributed by atoms with E-state index in [4.69, 9.17) is 0 Å². The first-order chi connectivity index (χ1) is 9.05. The van der Waals surface area contributed by atoms with Gasteiger partial charge in [0.1, 0.15) is 0 Å². The molecular weight excluding hydrogens is 263 g/mol. The zero-order valence-electron chi connectivity index (χ0n) is 12.8. The summed E-state index contributed by atoms with van der Waals surface area (Å²) < 4.78 is 38.3. The van der Waals surface area contributed by atoms with Gasteiger partial charge in [-0.1, -0.05) is 39.8 Å². The van der Waals surface area contributed by atoms with Gasteiger partial charge in [0.15, 0.2) is 0 Å². The molecular formula is C16H24F3N. The summed E-state index contributed by atoms with van der Waals surface area (Å²) in [6.45, 7) is 8.58. The van der Waals surface area contributed by atoms with Crippen molar-refractivity contribution in [3.8, 4) is 0 Å². The van der Waals surface area contributed by atoms with Crippen LogP contribution < -0.4 is 5.32 Å². The molecule has 1 nitrogen and oxygen atoms in total. The van der Waals surface area contributed by atoms with E-state index < -0.39 is 11.7 Å². The Bertz CT molecular complexity index is 432. The summed E-state index contributed by atoms with van der Waals surface area (Å²) in [6.07, 6.45) is -3.48. The molecule has 0 radical (unpaired) electrons. The highest BCUT2D eigenvalue weighted by atomic mass is 19.4. The molecule has 114 valence electrons. The molecule has 2 atom stereocenters. The van der Waals surface area contributed by atoms with Crippen LogP contribution in [-0.2, 0) is 6.18 Å². The van der Waals surface area contributed by atoms with Gasteiger partial charge in [-0.25, -0.2) is 0 Å². The summed E-state index contributed by atoms with van der Waals surface area (Å²) in [5, 5.41) is 3.13. The molecule has 0 heterocycles. The van der Waals surface area contributed by atoms with E-state index in [2.05, 4.69) is 33.0 Å². The van der Waals surface area contributed by atoms with Crippen molar-refractivity contribution in [1.82, 2.24) is 5.32 Å². The van der Waals surface area contributed by atoms with Gasteiger partial charge in [0.05, 0.1) is 5.56 Å². The van der Waals surface area contributed by atoms with E-state index in [0.717, 1.165) is 12.5 Å². The summed E-state index contributed by atoms with van der Waals surface area (Å²) in [5.41, 5.74) is 0.244. The van der Waals surface area contributed by atoms with Crippen LogP contribution in [0.3, 0.4) is 0 Å². The standard InChI is InChI=1S/C16H24F3N/c1-11(15(2,3)4)9-14(20-5)12-7-6-8-13(10-12)16(17,18)19/h6-8,10-11,14,20H,9H2,1-5H3. The maximum absolute atomic E-state index is 12.8. The molecule has 0 fully saturated rings. The normalized spacial score (nSPS) is 16.0. The molecule has 0 amide bonds. The molecule has 0 aromatic heterocycles. The number of halogens is 3. The summed E-state index contributed by atoms with van der Waals surface area (Å²) in [5.74, 6) is 0.398. The second-order valence-electron chi connectivity index (χ2n) is 6.47. The van der Waals surface area contributed by atoms with E-state index >= 15 is 0 Å². The zero-order valence-corrected chi connectivity index (χ0v) is 12.8. The van der Waals surface area contributed by atoms with E-state index in [9.17, 15) is 13.2 Å². The Kier molecular flexibility index (Phi) is 5.25. The number of hydrogen-bond donors (Lipinski definition) is 1. The molecule has 0 saturated carbocycles. The maximum atomic E-state index is 12.8. The van der Waals surface area contributed by atoms with E-state index in [1.54, 1.807) is 13.1 Å². The summed E-state index contributed by atoms with van der Waals surface area (Å²) >= 11 is 0. The first kappa shape index (κ1) is 17.0. The third-order valence-electron chi connectivity index (χ3n) is 4.03. The molecule has 20 heavy (non-hydrogen) atoms. The highest BCUT2D eigenvalue weighted by molar-refractivity contribution is 5.28. The lowest BCUT2D eigenvalue weighted by molar-refractivity contribution is -0.137. The van der Waals surface area contributed by atoms with Crippen LogP contribution in [0.4, 0.5) is 13.2 Å². The average Bonchev–Trinajstić information content (AvgIpc) is 2.33. The van der Waals surface area contributed by atoms with Crippen LogP contribution >= 0.6 is 0 Å². The molecule has 1 aromatic carbocycles. The van der Waals surface area contributed by atoms with Gasteiger partial charge >= 0.3 is 6.18 Å². The molecule has 0 aliphatic carbocycles. The Hall–Kier alpha value is -1.03. The Balaban J connectivity index is 2.96. The van der Waals surface area contributed by atoms with Crippen molar-refractivity contribution < 1.29 is 13.2 Å². The van der Waals surface area contributed by atoms with Gasteiger partial charge in [0.25, 0.3) is 0 Å². The van der Waals surface area contributed by atoms with Crippen molar-refractivity contribution in [2.75, 3.05) is 7.05 Å². The molecule has 0 saturated heterocycles. The Morgan fingerprint density at radius 1 is 1.15 bits per heavy atom. The Labute approximate surface area is 119 Å². The fourth-order valence-corrected chi connectivity index (χ4v) is 2.06.